The number of urea groups is 1. The molecule has 4 saturated heterocycles. The molecular formula is C59H96ClN7O16S. The van der Waals surface area contributed by atoms with Crippen LogP contribution >= 0.6 is 23.4 Å². The molecule has 4 N–H and O–H groups in total. The largest absolute Gasteiger partial charge is 0.379 e. The smallest absolute Gasteiger partial charge is 0.315 e. The van der Waals surface area contributed by atoms with Gasteiger partial charge in [-0.1, -0.05) is 36.2 Å². The molecule has 4 fully saturated rings. The van der Waals surface area contributed by atoms with Crippen LogP contribution in [0, 0.1) is 0 Å². The fraction of sp³-hybridized carbons (Fsp3) is 0.763. The van der Waals surface area contributed by atoms with Gasteiger partial charge >= 0.3 is 6.03 Å². The van der Waals surface area contributed by atoms with Crippen LogP contribution in [-0.4, -0.2) is 267 Å². The molecule has 4 aliphatic heterocycles. The molecular weight excluding hydrogens is 1130 g/mol. The molecule has 0 radical (unpaired) electrons. The molecule has 0 saturated carbocycles. The van der Waals surface area contributed by atoms with Crippen LogP contribution in [0.3, 0.4) is 0 Å². The van der Waals surface area contributed by atoms with Crippen LogP contribution in [0.25, 0.3) is 0 Å². The summed E-state index contributed by atoms with van der Waals surface area (Å²) in [5.41, 5.74) is 1.24. The standard InChI is InChI=1S/C59H96ClN7O16S/c60-49-10-8-48(9-11-49)43-51-46-83-52(45-67(51)50-12-17-66(18-13-50)55-6-3-4-15-61-55)44-63-57(69)14-19-71-21-23-73-25-27-75-29-31-77-33-35-79-37-39-81-41-42-82-40-38-80-36-34-78-32-30-76-28-26-74-24-22-72-20-16-62-56(68)7-2-1-5-54-58-53(47-84-54)64-59(70)65-58/h3-4,6,8-11,15,50-54,58H,1-2,5,7,12-14,16-47H2,(H,62,68)(H,63,69)(H2,64,65,70)/t51-,52-,53-,54-,58-/m0/s1. The molecule has 6 rings (SSSR count). The number of thioether (sulfide) groups is 1. The predicted octanol–water partition coefficient (Wildman–Crippen LogP) is 3.56. The third kappa shape index (κ3) is 30.4. The summed E-state index contributed by atoms with van der Waals surface area (Å²) in [5.74, 6) is 1.96. The Labute approximate surface area is 506 Å². The SMILES string of the molecule is O=C(CCCC[C@@H]1SC[C@@H]2NC(=O)N[C@@H]21)NCCOCCOCCOCCOCCOCCOCCOCCOCCOCCOCCOCCOCCC(=O)NC[C@H]1CN(C2CCN(c3ccccn3)CC2)[C@@H](Cc2ccc(Cl)cc2)CO1. The summed E-state index contributed by atoms with van der Waals surface area (Å²) >= 11 is 8.08. The molecule has 4 aliphatic rings. The van der Waals surface area contributed by atoms with Crippen molar-refractivity contribution in [1.29, 1.82) is 0 Å². The van der Waals surface area contributed by atoms with Crippen LogP contribution in [0.2, 0.25) is 5.02 Å². The molecule has 1 aromatic carbocycles. The lowest BCUT2D eigenvalue weighted by Gasteiger charge is -2.47. The highest BCUT2D eigenvalue weighted by atomic mass is 35.5. The van der Waals surface area contributed by atoms with E-state index in [1.165, 1.54) is 5.56 Å². The van der Waals surface area contributed by atoms with Crippen LogP contribution in [0.1, 0.15) is 50.5 Å². The lowest BCUT2D eigenvalue weighted by molar-refractivity contribution is -0.124. The number of anilines is 1. The third-order valence-electron chi connectivity index (χ3n) is 14.4. The monoisotopic (exact) mass is 1230 g/mol. The Morgan fingerprint density at radius 2 is 1.13 bits per heavy atom. The number of nitrogens with zero attached hydrogens (tertiary/aromatic N) is 3. The fourth-order valence-corrected chi connectivity index (χ4v) is 11.7. The van der Waals surface area contributed by atoms with Gasteiger partial charge in [-0.2, -0.15) is 11.8 Å². The Morgan fingerprint density at radius 3 is 1.65 bits per heavy atom. The number of fused-ring (bicyclic) bond motifs is 1. The number of hydrogen-bond donors (Lipinski definition) is 4. The van der Waals surface area contributed by atoms with E-state index < -0.39 is 0 Å². The summed E-state index contributed by atoms with van der Waals surface area (Å²) in [4.78, 5) is 45.9. The van der Waals surface area contributed by atoms with Gasteiger partial charge in [-0.3, -0.25) is 14.5 Å². The molecule has 5 atom stereocenters. The number of hydrogen-bond acceptors (Lipinski definition) is 20. The first-order valence-electron chi connectivity index (χ1n) is 30.3. The Kier molecular flexibility index (Phi) is 37.1. The van der Waals surface area contributed by atoms with Crippen molar-refractivity contribution in [2.75, 3.05) is 209 Å². The second-order valence-electron chi connectivity index (χ2n) is 20.7. The highest BCUT2D eigenvalue weighted by Gasteiger charge is 2.42. The molecule has 25 heteroatoms. The van der Waals surface area contributed by atoms with Crippen molar-refractivity contribution in [3.63, 3.8) is 0 Å². The van der Waals surface area contributed by atoms with Crippen molar-refractivity contribution in [3.8, 4) is 0 Å². The number of amides is 4. The molecule has 0 unspecified atom stereocenters. The lowest BCUT2D eigenvalue weighted by Crippen LogP contribution is -2.58. The molecule has 1 aromatic heterocycles. The van der Waals surface area contributed by atoms with Gasteiger partial charge in [0, 0.05) is 79.9 Å². The van der Waals surface area contributed by atoms with Crippen LogP contribution in [0.15, 0.2) is 48.7 Å². The zero-order chi connectivity index (χ0) is 58.8. The van der Waals surface area contributed by atoms with Crippen LogP contribution in [0.4, 0.5) is 10.6 Å². The third-order valence-corrected chi connectivity index (χ3v) is 16.2. The maximum Gasteiger partial charge on any atom is 0.315 e. The normalized spacial score (nSPS) is 20.0. The van der Waals surface area contributed by atoms with Crippen LogP contribution in [0.5, 0.6) is 0 Å². The maximum atomic E-state index is 12.7. The van der Waals surface area contributed by atoms with Gasteiger partial charge in [0.1, 0.15) is 5.82 Å². The number of carbonyl (C=O) groups is 3. The second kappa shape index (κ2) is 44.8. The number of halogens is 1. The first kappa shape index (κ1) is 69.6. The summed E-state index contributed by atoms with van der Waals surface area (Å²) < 4.78 is 73.0. The summed E-state index contributed by atoms with van der Waals surface area (Å²) in [6.07, 6.45) is 8.31. The first-order chi connectivity index (χ1) is 41.4. The number of pyridine rings is 1. The van der Waals surface area contributed by atoms with E-state index in [0.717, 1.165) is 74.8 Å². The Hall–Kier alpha value is -3.54. The van der Waals surface area contributed by atoms with Gasteiger partial charge in [0.15, 0.2) is 0 Å². The number of rotatable bonds is 50. The molecule has 0 bridgehead atoms. The van der Waals surface area contributed by atoms with E-state index in [2.05, 4.69) is 54.3 Å². The van der Waals surface area contributed by atoms with E-state index in [9.17, 15) is 14.4 Å². The zero-order valence-electron chi connectivity index (χ0n) is 49.3. The quantitative estimate of drug-likeness (QED) is 0.0547. The van der Waals surface area contributed by atoms with Crippen molar-refractivity contribution < 1.29 is 76.0 Å². The van der Waals surface area contributed by atoms with Gasteiger partial charge < -0.3 is 87.7 Å². The van der Waals surface area contributed by atoms with Crippen LogP contribution < -0.4 is 26.2 Å². The number of unbranched alkanes of at least 4 members (excludes halogenated alkanes) is 1. The van der Waals surface area contributed by atoms with Gasteiger partial charge in [-0.25, -0.2) is 9.78 Å². The van der Waals surface area contributed by atoms with E-state index in [4.69, 9.17) is 73.2 Å². The highest BCUT2D eigenvalue weighted by molar-refractivity contribution is 8.00. The van der Waals surface area contributed by atoms with Crippen LogP contribution in [-0.2, 0) is 77.6 Å². The Bertz CT molecular complexity index is 2010. The molecule has 0 spiro atoms. The van der Waals surface area contributed by atoms with Crippen molar-refractivity contribution in [1.82, 2.24) is 31.2 Å². The number of morpholine rings is 1. The predicted molar refractivity (Wildman–Crippen MR) is 319 cm³/mol. The van der Waals surface area contributed by atoms with Gasteiger partial charge in [-0.15, -0.1) is 0 Å². The fourth-order valence-electron chi connectivity index (χ4n) is 10.0. The molecule has 0 aliphatic carbocycles. The van der Waals surface area contributed by atoms with Gasteiger partial charge in [0.2, 0.25) is 11.8 Å². The Balaban J connectivity index is 0.594. The van der Waals surface area contributed by atoms with Crippen molar-refractivity contribution in [3.05, 3.63) is 59.2 Å². The lowest BCUT2D eigenvalue weighted by atomic mass is 9.96. The van der Waals surface area contributed by atoms with Gasteiger partial charge in [-0.05, 0) is 61.9 Å². The van der Waals surface area contributed by atoms with Crippen molar-refractivity contribution in [2.24, 2.45) is 0 Å². The Morgan fingerprint density at radius 1 is 0.619 bits per heavy atom. The average molecular weight is 1230 g/mol. The van der Waals surface area contributed by atoms with E-state index in [0.29, 0.717) is 196 Å². The van der Waals surface area contributed by atoms with E-state index in [-0.39, 0.29) is 48.5 Å². The minimum absolute atomic E-state index is 0.0378. The number of ether oxygens (including phenoxy) is 13. The summed E-state index contributed by atoms with van der Waals surface area (Å²) in [6, 6.07) is 15.2. The average Bonchev–Trinajstić information content (AvgIpc) is 4.19. The molecule has 2 aromatic rings. The molecule has 84 heavy (non-hydrogen) atoms. The van der Waals surface area contributed by atoms with Gasteiger partial charge in [0.05, 0.1) is 183 Å². The maximum absolute atomic E-state index is 12.7. The molecule has 476 valence electrons. The topological polar surface area (TPSA) is 239 Å². The molecule has 4 amide bonds. The molecule has 5 heterocycles. The zero-order valence-corrected chi connectivity index (χ0v) is 50.9. The highest BCUT2D eigenvalue weighted by Crippen LogP contribution is 2.33. The van der Waals surface area contributed by atoms with Crippen molar-refractivity contribution in [2.45, 2.75) is 86.9 Å². The number of nitrogens with one attached hydrogen (secondary N) is 4. The summed E-state index contributed by atoms with van der Waals surface area (Å²) in [7, 11) is 0. The van der Waals surface area contributed by atoms with Gasteiger partial charge in [0.25, 0.3) is 0 Å². The number of carbonyl (C=O) groups excluding carboxylic acids is 3. The van der Waals surface area contributed by atoms with E-state index >= 15 is 0 Å². The van der Waals surface area contributed by atoms with E-state index in [1.807, 2.05) is 42.2 Å². The second-order valence-corrected chi connectivity index (χ2v) is 22.4. The number of aromatic nitrogens is 1. The minimum atomic E-state index is -0.0889. The molecule has 23 nitrogen and oxygen atoms in total. The van der Waals surface area contributed by atoms with E-state index in [1.54, 1.807) is 0 Å². The number of benzene rings is 1. The van der Waals surface area contributed by atoms with Crippen molar-refractivity contribution >= 4 is 47.0 Å². The number of piperidine rings is 1. The first-order valence-corrected chi connectivity index (χ1v) is 31.8. The summed E-state index contributed by atoms with van der Waals surface area (Å²) in [5, 5.41) is 13.1. The minimum Gasteiger partial charge on any atom is -0.379 e. The summed E-state index contributed by atoms with van der Waals surface area (Å²) in [6.45, 7) is 15.1.